The van der Waals surface area contributed by atoms with Gasteiger partial charge in [-0.2, -0.15) is 5.10 Å². The highest BCUT2D eigenvalue weighted by molar-refractivity contribution is 5.59. The number of hydrogen-bond acceptors (Lipinski definition) is 5. The summed E-state index contributed by atoms with van der Waals surface area (Å²) in [4.78, 5) is 15.4. The predicted molar refractivity (Wildman–Crippen MR) is 86.6 cm³/mol. The zero-order valence-corrected chi connectivity index (χ0v) is 13.1. The van der Waals surface area contributed by atoms with Gasteiger partial charge in [0.15, 0.2) is 0 Å². The summed E-state index contributed by atoms with van der Waals surface area (Å²) in [7, 11) is 1.71. The molecule has 0 saturated heterocycles. The molecule has 3 heterocycles. The van der Waals surface area contributed by atoms with Crippen LogP contribution in [-0.2, 0) is 19.9 Å². The number of nitrogens with zero attached hydrogens (tertiary/aromatic N) is 5. The van der Waals surface area contributed by atoms with E-state index in [4.69, 9.17) is 0 Å². The number of nitrogens with one attached hydrogen (secondary N) is 1. The van der Waals surface area contributed by atoms with E-state index in [0.29, 0.717) is 30.9 Å². The second kappa shape index (κ2) is 6.07. The van der Waals surface area contributed by atoms with Crippen molar-refractivity contribution in [1.82, 2.24) is 19.2 Å². The normalized spacial score (nSPS) is 11.0. The molecule has 0 atom stereocenters. The molecule has 1 N–H and O–H groups in total. The molecule has 8 nitrogen and oxygen atoms in total. The van der Waals surface area contributed by atoms with Crippen LogP contribution in [0.3, 0.4) is 0 Å². The van der Waals surface area contributed by atoms with E-state index in [9.17, 15) is 10.1 Å². The molecule has 8 heteroatoms. The zero-order valence-electron chi connectivity index (χ0n) is 13.1. The van der Waals surface area contributed by atoms with Crippen molar-refractivity contribution in [1.29, 1.82) is 0 Å². The minimum Gasteiger partial charge on any atom is -0.364 e. The molecule has 0 radical (unpaired) electrons. The van der Waals surface area contributed by atoms with Crippen LogP contribution < -0.4 is 5.32 Å². The largest absolute Gasteiger partial charge is 0.364 e. The molecule has 120 valence electrons. The lowest BCUT2D eigenvalue weighted by molar-refractivity contribution is -0.384. The maximum atomic E-state index is 11.3. The molecule has 0 aromatic carbocycles. The van der Waals surface area contributed by atoms with E-state index >= 15 is 0 Å². The number of aryl methyl sites for hydroxylation is 2. The number of aromatic nitrogens is 4. The lowest BCUT2D eigenvalue weighted by Gasteiger charge is -2.04. The van der Waals surface area contributed by atoms with Crippen molar-refractivity contribution >= 4 is 17.2 Å². The number of anilines is 1. The van der Waals surface area contributed by atoms with Crippen molar-refractivity contribution in [2.45, 2.75) is 19.8 Å². The van der Waals surface area contributed by atoms with E-state index in [1.54, 1.807) is 7.05 Å². The monoisotopic (exact) mass is 314 g/mol. The molecule has 0 aliphatic rings. The zero-order chi connectivity index (χ0) is 16.4. The van der Waals surface area contributed by atoms with E-state index in [2.05, 4.69) is 15.4 Å². The lowest BCUT2D eigenvalue weighted by Crippen LogP contribution is -2.10. The smallest absolute Gasteiger partial charge is 0.333 e. The first-order chi connectivity index (χ1) is 11.1. The minimum atomic E-state index is -0.376. The number of rotatable bonds is 6. The van der Waals surface area contributed by atoms with Crippen molar-refractivity contribution in [3.63, 3.8) is 0 Å². The molecule has 23 heavy (non-hydrogen) atoms. The van der Waals surface area contributed by atoms with Crippen LogP contribution in [-0.4, -0.2) is 30.6 Å². The summed E-state index contributed by atoms with van der Waals surface area (Å²) in [5.74, 6) is 0.440. The number of pyridine rings is 1. The summed E-state index contributed by atoms with van der Waals surface area (Å²) in [5.41, 5.74) is 2.38. The molecule has 3 aromatic rings. The Morgan fingerprint density at radius 1 is 1.39 bits per heavy atom. The Balaban J connectivity index is 1.73. The van der Waals surface area contributed by atoms with Gasteiger partial charge in [0, 0.05) is 32.4 Å². The Labute approximate surface area is 132 Å². The van der Waals surface area contributed by atoms with Crippen molar-refractivity contribution in [3.05, 3.63) is 52.1 Å². The SMILES string of the molecule is CCc1nn(C)c(NCCc2cn3ccccc3n2)c1[N+](=O)[O-]. The third-order valence-corrected chi connectivity index (χ3v) is 3.70. The maximum Gasteiger partial charge on any atom is 0.333 e. The van der Waals surface area contributed by atoms with Crippen molar-refractivity contribution in [3.8, 4) is 0 Å². The van der Waals surface area contributed by atoms with Crippen LogP contribution in [0.15, 0.2) is 30.6 Å². The Morgan fingerprint density at radius 3 is 2.91 bits per heavy atom. The Morgan fingerprint density at radius 2 is 2.22 bits per heavy atom. The highest BCUT2D eigenvalue weighted by Crippen LogP contribution is 2.28. The number of fused-ring (bicyclic) bond motifs is 1. The van der Waals surface area contributed by atoms with Gasteiger partial charge in [-0.3, -0.25) is 10.1 Å². The van der Waals surface area contributed by atoms with Gasteiger partial charge in [0.1, 0.15) is 11.3 Å². The van der Waals surface area contributed by atoms with Crippen molar-refractivity contribution in [2.75, 3.05) is 11.9 Å². The summed E-state index contributed by atoms with van der Waals surface area (Å²) in [6, 6.07) is 5.83. The average Bonchev–Trinajstić information content (AvgIpc) is 3.08. The van der Waals surface area contributed by atoms with E-state index in [-0.39, 0.29) is 10.6 Å². The first-order valence-corrected chi connectivity index (χ1v) is 7.47. The van der Waals surface area contributed by atoms with Crippen LogP contribution in [0.25, 0.3) is 5.65 Å². The Kier molecular flexibility index (Phi) is 3.96. The van der Waals surface area contributed by atoms with Crippen LogP contribution in [0.5, 0.6) is 0 Å². The van der Waals surface area contributed by atoms with E-state index in [1.165, 1.54) is 4.68 Å². The molecule has 0 saturated carbocycles. The molecule has 0 bridgehead atoms. The van der Waals surface area contributed by atoms with Crippen LogP contribution >= 0.6 is 0 Å². The molecule has 3 aromatic heterocycles. The van der Waals surface area contributed by atoms with E-state index < -0.39 is 0 Å². The molecule has 0 aliphatic heterocycles. The van der Waals surface area contributed by atoms with Gasteiger partial charge in [-0.05, 0) is 18.6 Å². The number of nitro groups is 1. The van der Waals surface area contributed by atoms with Gasteiger partial charge in [0.25, 0.3) is 0 Å². The molecule has 0 unspecified atom stereocenters. The summed E-state index contributed by atoms with van der Waals surface area (Å²) in [5, 5.41) is 18.6. The minimum absolute atomic E-state index is 0.0602. The fraction of sp³-hybridized carbons (Fsp3) is 0.333. The van der Waals surface area contributed by atoms with Gasteiger partial charge in [0.2, 0.25) is 5.82 Å². The second-order valence-corrected chi connectivity index (χ2v) is 5.25. The first-order valence-electron chi connectivity index (χ1n) is 7.47. The standard InChI is InChI=1S/C15H18N6O2/c1-3-12-14(21(22)23)15(19(2)18-12)16-8-7-11-10-20-9-5-4-6-13(20)17-11/h4-6,9-10,16H,3,7-8H2,1-2H3. The molecular formula is C15H18N6O2. The predicted octanol–water partition coefficient (Wildman–Crippen LogP) is 2.19. The summed E-state index contributed by atoms with van der Waals surface area (Å²) in [6.45, 7) is 2.41. The van der Waals surface area contributed by atoms with Gasteiger partial charge in [-0.1, -0.05) is 13.0 Å². The van der Waals surface area contributed by atoms with E-state index in [0.717, 1.165) is 11.3 Å². The van der Waals surface area contributed by atoms with Crippen LogP contribution in [0.2, 0.25) is 0 Å². The van der Waals surface area contributed by atoms with Crippen LogP contribution in [0, 0.1) is 10.1 Å². The average molecular weight is 314 g/mol. The van der Waals surface area contributed by atoms with Crippen molar-refractivity contribution < 1.29 is 4.92 Å². The van der Waals surface area contributed by atoms with Gasteiger partial charge in [-0.25, -0.2) is 9.67 Å². The molecule has 0 fully saturated rings. The maximum absolute atomic E-state index is 11.3. The third-order valence-electron chi connectivity index (χ3n) is 3.70. The Bertz CT molecular complexity index is 818. The summed E-state index contributed by atoms with van der Waals surface area (Å²) < 4.78 is 3.48. The molecule has 0 spiro atoms. The summed E-state index contributed by atoms with van der Waals surface area (Å²) >= 11 is 0. The molecule has 0 aliphatic carbocycles. The van der Waals surface area contributed by atoms with Gasteiger partial charge < -0.3 is 9.72 Å². The van der Waals surface area contributed by atoms with Crippen molar-refractivity contribution in [2.24, 2.45) is 7.05 Å². The molecular weight excluding hydrogens is 296 g/mol. The fourth-order valence-corrected chi connectivity index (χ4v) is 2.61. The molecule has 0 amide bonds. The van der Waals surface area contributed by atoms with Gasteiger partial charge >= 0.3 is 5.69 Å². The fourth-order valence-electron chi connectivity index (χ4n) is 2.61. The lowest BCUT2D eigenvalue weighted by atomic mass is 10.3. The first kappa shape index (κ1) is 15.0. The van der Waals surface area contributed by atoms with Crippen LogP contribution in [0.4, 0.5) is 11.5 Å². The van der Waals surface area contributed by atoms with E-state index in [1.807, 2.05) is 41.9 Å². The summed E-state index contributed by atoms with van der Waals surface area (Å²) in [6.07, 6.45) is 5.11. The highest BCUT2D eigenvalue weighted by atomic mass is 16.6. The van der Waals surface area contributed by atoms with Gasteiger partial charge in [0.05, 0.1) is 10.6 Å². The number of hydrogen-bond donors (Lipinski definition) is 1. The highest BCUT2D eigenvalue weighted by Gasteiger charge is 2.25. The second-order valence-electron chi connectivity index (χ2n) is 5.25. The topological polar surface area (TPSA) is 90.3 Å². The number of imidazole rings is 1. The quantitative estimate of drug-likeness (QED) is 0.556. The molecule has 3 rings (SSSR count). The third kappa shape index (κ3) is 2.87. The Hall–Kier alpha value is -2.90. The van der Waals surface area contributed by atoms with Crippen LogP contribution in [0.1, 0.15) is 18.3 Å². The van der Waals surface area contributed by atoms with Gasteiger partial charge in [-0.15, -0.1) is 0 Å².